The van der Waals surface area contributed by atoms with Crippen LogP contribution < -0.4 is 14.8 Å². The van der Waals surface area contributed by atoms with E-state index in [9.17, 15) is 18.8 Å². The summed E-state index contributed by atoms with van der Waals surface area (Å²) in [5.41, 5.74) is 2.56. The summed E-state index contributed by atoms with van der Waals surface area (Å²) >= 11 is 10.6. The van der Waals surface area contributed by atoms with Gasteiger partial charge in [0.25, 0.3) is 5.91 Å². The fraction of sp³-hybridized carbons (Fsp3) is 0.320. The Bertz CT molecular complexity index is 1170. The summed E-state index contributed by atoms with van der Waals surface area (Å²) in [4.78, 5) is 36.8. The van der Waals surface area contributed by atoms with Crippen molar-refractivity contribution >= 4 is 46.7 Å². The number of benzene rings is 2. The fourth-order valence-electron chi connectivity index (χ4n) is 3.72. The predicted molar refractivity (Wildman–Crippen MR) is 130 cm³/mol. The number of carbonyl (C=O) groups excluding carboxylic acids is 3. The van der Waals surface area contributed by atoms with Crippen LogP contribution in [0.4, 0.5) is 10.1 Å². The Kier molecular flexibility index (Phi) is 8.40. The van der Waals surface area contributed by atoms with E-state index in [1.54, 1.807) is 31.2 Å². The molecule has 0 spiro atoms. The van der Waals surface area contributed by atoms with Crippen LogP contribution in [0.25, 0.3) is 0 Å². The van der Waals surface area contributed by atoms with E-state index in [0.29, 0.717) is 34.6 Å². The Hall–Kier alpha value is -3.10. The SMILES string of the molecule is COc1c(C)c2c(c(NC(=O)C(F)(Cl)Cl)c1CC=C(C)CCC(=O)Oc1ccccc1)C(=O)OC2. The van der Waals surface area contributed by atoms with Crippen LogP contribution in [-0.4, -0.2) is 29.5 Å². The summed E-state index contributed by atoms with van der Waals surface area (Å²) in [6, 6.07) is 8.75. The third-order valence-corrected chi connectivity index (χ3v) is 5.87. The van der Waals surface area contributed by atoms with Crippen molar-refractivity contribution < 1.29 is 33.0 Å². The zero-order valence-electron chi connectivity index (χ0n) is 19.4. The molecule has 2 aromatic rings. The number of halogens is 3. The number of alkyl halides is 3. The summed E-state index contributed by atoms with van der Waals surface area (Å²) in [5.74, 6) is -1.53. The first-order chi connectivity index (χ1) is 16.5. The number of esters is 2. The summed E-state index contributed by atoms with van der Waals surface area (Å²) in [6.45, 7) is 3.58. The van der Waals surface area contributed by atoms with Crippen molar-refractivity contribution in [2.75, 3.05) is 12.4 Å². The Morgan fingerprint density at radius 2 is 1.91 bits per heavy atom. The Balaban J connectivity index is 1.85. The second-order valence-electron chi connectivity index (χ2n) is 7.94. The zero-order valence-corrected chi connectivity index (χ0v) is 20.9. The number of allylic oxidation sites excluding steroid dienone is 2. The summed E-state index contributed by atoms with van der Waals surface area (Å²) < 4.78 is 26.6. The van der Waals surface area contributed by atoms with E-state index in [-0.39, 0.29) is 36.7 Å². The number of hydrogen-bond acceptors (Lipinski definition) is 6. The molecule has 7 nitrogen and oxygen atoms in total. The first-order valence-corrected chi connectivity index (χ1v) is 11.5. The summed E-state index contributed by atoms with van der Waals surface area (Å²) in [5, 5.41) is 2.32. The maximum Gasteiger partial charge on any atom is 0.341 e. The average Bonchev–Trinajstić information content (AvgIpc) is 3.20. The first kappa shape index (κ1) is 26.5. The van der Waals surface area contributed by atoms with Crippen LogP contribution in [0.15, 0.2) is 42.0 Å². The van der Waals surface area contributed by atoms with Crippen LogP contribution in [0.3, 0.4) is 0 Å². The molecule has 1 amide bonds. The van der Waals surface area contributed by atoms with Gasteiger partial charge in [0, 0.05) is 17.5 Å². The third kappa shape index (κ3) is 6.32. The monoisotopic (exact) mass is 523 g/mol. The fourth-order valence-corrected chi connectivity index (χ4v) is 3.82. The van der Waals surface area contributed by atoms with Crippen LogP contribution in [0.2, 0.25) is 0 Å². The number of cyclic esters (lactones) is 1. The number of carbonyl (C=O) groups is 3. The maximum atomic E-state index is 13.9. The zero-order chi connectivity index (χ0) is 25.8. The van der Waals surface area contributed by atoms with Crippen LogP contribution in [0.1, 0.15) is 46.8 Å². The van der Waals surface area contributed by atoms with E-state index in [0.717, 1.165) is 5.57 Å². The van der Waals surface area contributed by atoms with E-state index in [4.69, 9.17) is 37.4 Å². The standard InChI is InChI=1S/C25H24Cl2FNO6/c1-14(10-12-19(30)35-16-7-5-4-6-8-16)9-11-17-21(29-24(32)25(26,27)28)20-18(13-34-23(20)31)15(2)22(17)33-3/h4-9H,10-13H2,1-3H3,(H,29,32). The van der Waals surface area contributed by atoms with Crippen LogP contribution in [0.5, 0.6) is 11.5 Å². The normalized spacial score (nSPS) is 13.2. The first-order valence-electron chi connectivity index (χ1n) is 10.7. The topological polar surface area (TPSA) is 90.9 Å². The minimum Gasteiger partial charge on any atom is -0.496 e. The van der Waals surface area contributed by atoms with Crippen molar-refractivity contribution in [1.82, 2.24) is 0 Å². The molecule has 1 aliphatic rings. The third-order valence-electron chi connectivity index (χ3n) is 5.53. The molecule has 1 N–H and O–H groups in total. The van der Waals surface area contributed by atoms with Crippen molar-refractivity contribution in [2.24, 2.45) is 0 Å². The Morgan fingerprint density at radius 1 is 1.23 bits per heavy atom. The quantitative estimate of drug-likeness (QED) is 0.199. The number of anilines is 1. The number of amides is 1. The second-order valence-corrected chi connectivity index (χ2v) is 9.17. The van der Waals surface area contributed by atoms with Gasteiger partial charge in [0.2, 0.25) is 0 Å². The van der Waals surface area contributed by atoms with Crippen molar-refractivity contribution in [3.8, 4) is 11.5 Å². The van der Waals surface area contributed by atoms with Gasteiger partial charge < -0.3 is 19.5 Å². The minimum absolute atomic E-state index is 0.0135. The van der Waals surface area contributed by atoms with Gasteiger partial charge in [-0.2, -0.15) is 4.39 Å². The lowest BCUT2D eigenvalue weighted by Gasteiger charge is -2.20. The Morgan fingerprint density at radius 3 is 2.54 bits per heavy atom. The van der Waals surface area contributed by atoms with E-state index >= 15 is 0 Å². The number of ether oxygens (including phenoxy) is 3. The van der Waals surface area contributed by atoms with Crippen LogP contribution in [-0.2, 0) is 27.4 Å². The molecule has 0 unspecified atom stereocenters. The van der Waals surface area contributed by atoms with Gasteiger partial charge in [-0.05, 0) is 44.4 Å². The minimum atomic E-state index is -3.21. The molecule has 0 saturated carbocycles. The van der Waals surface area contributed by atoms with Gasteiger partial charge in [0.05, 0.1) is 18.4 Å². The van der Waals surface area contributed by atoms with Crippen LogP contribution in [0, 0.1) is 6.92 Å². The lowest BCUT2D eigenvalue weighted by atomic mass is 9.93. The highest BCUT2D eigenvalue weighted by Gasteiger charge is 2.38. The summed E-state index contributed by atoms with van der Waals surface area (Å²) in [6.07, 6.45) is 2.58. The van der Waals surface area contributed by atoms with Crippen molar-refractivity contribution in [2.45, 2.75) is 44.3 Å². The average molecular weight is 524 g/mol. The number of hydrogen-bond donors (Lipinski definition) is 1. The molecule has 0 aliphatic carbocycles. The highest BCUT2D eigenvalue weighted by molar-refractivity contribution is 6.57. The molecule has 35 heavy (non-hydrogen) atoms. The molecule has 0 saturated heterocycles. The van der Waals surface area contributed by atoms with Gasteiger partial charge in [-0.3, -0.25) is 9.59 Å². The highest BCUT2D eigenvalue weighted by Crippen LogP contribution is 2.42. The van der Waals surface area contributed by atoms with Gasteiger partial charge in [0.1, 0.15) is 18.1 Å². The lowest BCUT2D eigenvalue weighted by Crippen LogP contribution is -2.29. The van der Waals surface area contributed by atoms with Crippen molar-refractivity contribution in [1.29, 1.82) is 0 Å². The lowest BCUT2D eigenvalue weighted by molar-refractivity contribution is -0.134. The smallest absolute Gasteiger partial charge is 0.341 e. The molecule has 0 radical (unpaired) electrons. The highest BCUT2D eigenvalue weighted by atomic mass is 35.5. The molecule has 10 heteroatoms. The summed E-state index contributed by atoms with van der Waals surface area (Å²) in [7, 11) is 1.44. The number of rotatable bonds is 9. The van der Waals surface area contributed by atoms with Crippen molar-refractivity contribution in [3.63, 3.8) is 0 Å². The molecule has 186 valence electrons. The number of para-hydroxylation sites is 1. The van der Waals surface area contributed by atoms with E-state index in [1.807, 2.05) is 19.1 Å². The molecule has 1 aliphatic heterocycles. The van der Waals surface area contributed by atoms with E-state index in [2.05, 4.69) is 5.32 Å². The molecular formula is C25H24Cl2FNO6. The van der Waals surface area contributed by atoms with Gasteiger partial charge in [-0.25, -0.2) is 4.79 Å². The molecule has 0 bridgehead atoms. The van der Waals surface area contributed by atoms with Gasteiger partial charge in [0.15, 0.2) is 0 Å². The largest absolute Gasteiger partial charge is 0.496 e. The van der Waals surface area contributed by atoms with E-state index < -0.39 is 16.5 Å². The molecule has 0 atom stereocenters. The molecule has 0 aromatic heterocycles. The number of fused-ring (bicyclic) bond motifs is 1. The molecule has 3 rings (SSSR count). The molecule has 2 aromatic carbocycles. The Labute approximate surface area is 212 Å². The molecule has 1 heterocycles. The molecular weight excluding hydrogens is 500 g/mol. The van der Waals surface area contributed by atoms with Crippen molar-refractivity contribution in [3.05, 3.63) is 64.2 Å². The predicted octanol–water partition coefficient (Wildman–Crippen LogP) is 5.59. The van der Waals surface area contributed by atoms with E-state index in [1.165, 1.54) is 7.11 Å². The molecule has 0 fully saturated rings. The van der Waals surface area contributed by atoms with Crippen LogP contribution >= 0.6 is 23.2 Å². The number of methoxy groups -OCH3 is 1. The maximum absolute atomic E-state index is 13.9. The van der Waals surface area contributed by atoms with Gasteiger partial charge in [-0.15, -0.1) is 0 Å². The second kappa shape index (κ2) is 11.1. The van der Waals surface area contributed by atoms with Gasteiger partial charge in [-0.1, -0.05) is 53.1 Å². The van der Waals surface area contributed by atoms with Gasteiger partial charge >= 0.3 is 16.5 Å². The number of nitrogens with one attached hydrogen (secondary N) is 1.